The number of carbonyl (C=O) groups excluding carboxylic acids is 7. The molecule has 12 rings (SSSR count). The van der Waals surface area contributed by atoms with Crippen LogP contribution in [0.4, 0.5) is 17.1 Å². The lowest BCUT2D eigenvalue weighted by Gasteiger charge is -2.20. The van der Waals surface area contributed by atoms with Crippen LogP contribution in [0.5, 0.6) is 34.5 Å². The van der Waals surface area contributed by atoms with Crippen LogP contribution < -0.4 is 49.7 Å². The summed E-state index contributed by atoms with van der Waals surface area (Å²) in [5.74, 6) is 1.20. The summed E-state index contributed by atoms with van der Waals surface area (Å²) in [6, 6.07) is 31.2. The molecule has 3 amide bonds. The number of Topliss-reactive ketones (excluding diaryl/α,β-unsaturated/α-hetero) is 1. The number of benzene rings is 6. The van der Waals surface area contributed by atoms with E-state index in [-0.39, 0.29) is 74.4 Å². The van der Waals surface area contributed by atoms with Crippen molar-refractivity contribution in [1.29, 1.82) is 0 Å². The maximum Gasteiger partial charge on any atom is 0.296 e. The Balaban J connectivity index is 0.000000181. The SMILES string of the molecule is C.C.CC(=O)/C=C/c1ccc2c(c1)OCO2.CCNCC.O=C(/C=C/c1ccc2c(c1)OCO2)/C=C1/C(=O)Nc2cccc(Cl)c21.O=C(/C=C/c1ccc2c(c1)OCO2)CC1(O)C(=O)Nc2cccc(Cl)c21.O=C1Nc2cccc(Cl)c2C1=O. The van der Waals surface area contributed by atoms with Crippen molar-refractivity contribution in [1.82, 2.24) is 5.32 Å². The van der Waals surface area contributed by atoms with Crippen molar-refractivity contribution in [2.24, 2.45) is 0 Å². The molecule has 0 fully saturated rings. The number of anilines is 3. The van der Waals surface area contributed by atoms with E-state index in [0.29, 0.717) is 55.7 Å². The topological polar surface area (TPSA) is 243 Å². The fourth-order valence-corrected chi connectivity index (χ4v) is 9.30. The van der Waals surface area contributed by atoms with Gasteiger partial charge in [0.25, 0.3) is 23.5 Å². The minimum atomic E-state index is -1.98. The van der Waals surface area contributed by atoms with Gasteiger partial charge in [0.1, 0.15) is 0 Å². The maximum absolute atomic E-state index is 12.4. The molecule has 0 spiro atoms. The summed E-state index contributed by atoms with van der Waals surface area (Å²) >= 11 is 18.0. The third-order valence-corrected chi connectivity index (χ3v) is 13.3. The molecule has 0 radical (unpaired) electrons. The number of allylic oxidation sites excluding steroid dienone is 4. The van der Waals surface area contributed by atoms with E-state index < -0.39 is 35.4 Å². The molecule has 21 heteroatoms. The molecule has 6 heterocycles. The number of rotatable bonds is 11. The van der Waals surface area contributed by atoms with E-state index in [9.17, 15) is 38.7 Å². The molecule has 436 valence electrons. The average molecular weight is 1200 g/mol. The summed E-state index contributed by atoms with van der Waals surface area (Å²) in [5.41, 5.74) is 3.34. The zero-order valence-corrected chi connectivity index (χ0v) is 46.3. The van der Waals surface area contributed by atoms with Gasteiger partial charge in [0.15, 0.2) is 57.4 Å². The lowest BCUT2D eigenvalue weighted by atomic mass is 9.89. The van der Waals surface area contributed by atoms with E-state index >= 15 is 0 Å². The van der Waals surface area contributed by atoms with Crippen molar-refractivity contribution in [3.05, 3.63) is 182 Å². The Bertz CT molecular complexity index is 3650. The van der Waals surface area contributed by atoms with Crippen molar-refractivity contribution in [2.75, 3.05) is 49.4 Å². The first-order valence-corrected chi connectivity index (χ1v) is 26.4. The highest BCUT2D eigenvalue weighted by Crippen LogP contribution is 2.43. The largest absolute Gasteiger partial charge is 0.454 e. The molecule has 6 aliphatic heterocycles. The van der Waals surface area contributed by atoms with Crippen LogP contribution in [0.2, 0.25) is 15.1 Å². The Morgan fingerprint density at radius 3 is 1.49 bits per heavy atom. The summed E-state index contributed by atoms with van der Waals surface area (Å²) in [5, 5.41) is 22.6. The zero-order valence-electron chi connectivity index (χ0n) is 44.1. The first-order chi connectivity index (χ1) is 39.5. The molecule has 18 nitrogen and oxygen atoms in total. The first kappa shape index (κ1) is 64.1. The Labute approximate surface area is 500 Å². The number of hydrogen-bond donors (Lipinski definition) is 5. The summed E-state index contributed by atoms with van der Waals surface area (Å²) in [6.45, 7) is 8.55. The molecule has 0 saturated carbocycles. The molecule has 0 aliphatic carbocycles. The smallest absolute Gasteiger partial charge is 0.296 e. The lowest BCUT2D eigenvalue weighted by Crippen LogP contribution is -2.36. The minimum absolute atomic E-state index is 0. The van der Waals surface area contributed by atoms with Gasteiger partial charge in [0.2, 0.25) is 20.4 Å². The van der Waals surface area contributed by atoms with E-state index in [2.05, 4.69) is 35.1 Å². The van der Waals surface area contributed by atoms with E-state index in [1.54, 1.807) is 103 Å². The number of ether oxygens (including phenoxy) is 6. The van der Waals surface area contributed by atoms with Crippen LogP contribution in [-0.4, -0.2) is 79.4 Å². The van der Waals surface area contributed by atoms with Gasteiger partial charge in [-0.15, -0.1) is 0 Å². The van der Waals surface area contributed by atoms with Gasteiger partial charge < -0.3 is 54.8 Å². The van der Waals surface area contributed by atoms with Crippen LogP contribution in [0.3, 0.4) is 0 Å². The third-order valence-electron chi connectivity index (χ3n) is 12.3. The third kappa shape index (κ3) is 15.5. The molecule has 1 atom stereocenters. The highest BCUT2D eigenvalue weighted by molar-refractivity contribution is 6.54. The van der Waals surface area contributed by atoms with Gasteiger partial charge >= 0.3 is 0 Å². The Morgan fingerprint density at radius 1 is 0.560 bits per heavy atom. The van der Waals surface area contributed by atoms with Gasteiger partial charge in [-0.05, 0) is 134 Å². The fraction of sp³-hybridized carbons (Fsp3) is 0.190. The van der Waals surface area contributed by atoms with Crippen LogP contribution >= 0.6 is 34.8 Å². The standard InChI is InChI=1S/C19H14ClNO5.C19H12ClNO4.C11H10O3.C8H4ClNO2.C4H11N.2CH4/c20-13-2-1-3-14-17(13)19(24,18(23)21-14)9-12(22)6-4-11-5-7-15-16(8-11)26-10-25-15;20-14-2-1-3-15-18(14)13(19(23)21-15)9-12(22)6-4-11-5-7-16-17(8-11)25-10-24-16;1-8(12)2-3-9-4-5-10-11(6-9)14-7-13-10;9-4-2-1-3-5-6(4)7(11)8(12)10-5;1-3-5-4-2;;/h1-8,24H,9-10H2,(H,21,23);1-9H,10H2,(H,21,23);2-6H,7H2,1H3;1-3H,(H,10,11,12);5H,3-4H2,1-2H3;2*1H4/b6-4+;6-4+,13-9+;3-2+;;;;. The summed E-state index contributed by atoms with van der Waals surface area (Å²) in [7, 11) is 0. The zero-order chi connectivity index (χ0) is 58.5. The average Bonchev–Trinajstić information content (AvgIpc) is 2.79. The normalized spacial score (nSPS) is 16.0. The van der Waals surface area contributed by atoms with Crippen molar-refractivity contribution in [3.8, 4) is 34.5 Å². The molecule has 5 N–H and O–H groups in total. The first-order valence-electron chi connectivity index (χ1n) is 25.3. The predicted octanol–water partition coefficient (Wildman–Crippen LogP) is 11.9. The minimum Gasteiger partial charge on any atom is -0.454 e. The Kier molecular flexibility index (Phi) is 22.4. The quantitative estimate of drug-likeness (QED) is 0.0598. The van der Waals surface area contributed by atoms with Crippen LogP contribution in [0.1, 0.15) is 80.2 Å². The molecule has 1 unspecified atom stereocenters. The van der Waals surface area contributed by atoms with Crippen molar-refractivity contribution >= 4 is 117 Å². The number of aliphatic hydroxyl groups is 1. The number of amides is 3. The summed E-state index contributed by atoms with van der Waals surface area (Å²) in [6.07, 6.45) is 10.1. The van der Waals surface area contributed by atoms with Gasteiger partial charge in [0, 0.05) is 21.8 Å². The number of nitrogens with one attached hydrogen (secondary N) is 4. The molecule has 6 aromatic carbocycles. The second kappa shape index (κ2) is 29.3. The van der Waals surface area contributed by atoms with Crippen LogP contribution in [0.25, 0.3) is 23.8 Å². The number of halogens is 3. The van der Waals surface area contributed by atoms with Gasteiger partial charge in [-0.1, -0.05) is 118 Å². The highest BCUT2D eigenvalue weighted by Gasteiger charge is 2.48. The van der Waals surface area contributed by atoms with E-state index in [1.807, 2.05) is 24.3 Å². The van der Waals surface area contributed by atoms with E-state index in [0.717, 1.165) is 41.3 Å². The van der Waals surface area contributed by atoms with Crippen molar-refractivity contribution in [2.45, 2.75) is 47.6 Å². The molecule has 0 bridgehead atoms. The number of carbonyl (C=O) groups is 7. The van der Waals surface area contributed by atoms with Crippen LogP contribution in [-0.2, 0) is 34.4 Å². The van der Waals surface area contributed by atoms with Crippen LogP contribution in [0, 0.1) is 0 Å². The Hall–Kier alpha value is -9.04. The van der Waals surface area contributed by atoms with Crippen LogP contribution in [0.15, 0.2) is 133 Å². The number of hydrogen-bond acceptors (Lipinski definition) is 15. The van der Waals surface area contributed by atoms with E-state index in [4.69, 9.17) is 63.2 Å². The monoisotopic (exact) mass is 1200 g/mol. The molecule has 0 saturated heterocycles. The number of ketones is 4. The summed E-state index contributed by atoms with van der Waals surface area (Å²) < 4.78 is 31.4. The predicted molar refractivity (Wildman–Crippen MR) is 324 cm³/mol. The maximum atomic E-state index is 12.4. The van der Waals surface area contributed by atoms with Crippen molar-refractivity contribution in [3.63, 3.8) is 0 Å². The molecular weight excluding hydrogens is 1140 g/mol. The second-order valence-electron chi connectivity index (χ2n) is 18.0. The summed E-state index contributed by atoms with van der Waals surface area (Å²) in [4.78, 5) is 81.6. The molecule has 6 aliphatic rings. The highest BCUT2D eigenvalue weighted by atomic mass is 35.5. The van der Waals surface area contributed by atoms with E-state index in [1.165, 1.54) is 31.2 Å². The van der Waals surface area contributed by atoms with Gasteiger partial charge in [-0.25, -0.2) is 0 Å². The van der Waals surface area contributed by atoms with Gasteiger partial charge in [-0.2, -0.15) is 0 Å². The lowest BCUT2D eigenvalue weighted by molar-refractivity contribution is -0.138. The Morgan fingerprint density at radius 2 is 1.00 bits per heavy atom. The number of fused-ring (bicyclic) bond motifs is 6. The molecule has 84 heavy (non-hydrogen) atoms. The van der Waals surface area contributed by atoms with Gasteiger partial charge in [0.05, 0.1) is 39.0 Å². The molecule has 6 aromatic rings. The fourth-order valence-electron chi connectivity index (χ4n) is 8.43. The van der Waals surface area contributed by atoms with Gasteiger partial charge in [-0.3, -0.25) is 33.6 Å². The molecule has 0 aromatic heterocycles. The molecular formula is C63H59Cl3N4O14. The second-order valence-corrected chi connectivity index (χ2v) is 19.3. The van der Waals surface area contributed by atoms with Crippen molar-refractivity contribution < 1.29 is 67.1 Å².